The Balaban J connectivity index is 2.72. The number of likely N-dealkylation sites (tertiary alicyclic amines) is 1. The van der Waals surface area contributed by atoms with Crippen LogP contribution in [0.4, 0.5) is 13.2 Å². The first-order chi connectivity index (χ1) is 7.40. The summed E-state index contributed by atoms with van der Waals surface area (Å²) >= 11 is 5.32. The van der Waals surface area contributed by atoms with E-state index in [-0.39, 0.29) is 25.6 Å². The van der Waals surface area contributed by atoms with Crippen molar-refractivity contribution in [2.45, 2.75) is 6.18 Å². The second kappa shape index (κ2) is 5.23. The molecule has 16 heavy (non-hydrogen) atoms. The molecule has 0 aromatic rings. The molecule has 3 nitrogen and oxygen atoms in total. The fourth-order valence-electron chi connectivity index (χ4n) is 1.91. The third kappa shape index (κ3) is 3.01. The summed E-state index contributed by atoms with van der Waals surface area (Å²) in [5, 5.41) is 0. The minimum atomic E-state index is -4.30. The van der Waals surface area contributed by atoms with Gasteiger partial charge in [0.2, 0.25) is 5.91 Å². The number of carbonyl (C=O) groups excluding carboxylic acids is 1. The van der Waals surface area contributed by atoms with Crippen LogP contribution in [0.3, 0.4) is 0 Å². The Labute approximate surface area is 96.5 Å². The molecule has 1 amide bonds. The number of hydrogen-bond acceptors (Lipinski definition) is 2. The normalized spacial score (nSPS) is 26.2. The zero-order valence-electron chi connectivity index (χ0n) is 8.76. The molecule has 2 atom stereocenters. The van der Waals surface area contributed by atoms with Crippen LogP contribution >= 0.6 is 11.6 Å². The maximum Gasteiger partial charge on any atom is 0.393 e. The molecule has 0 aliphatic carbocycles. The Morgan fingerprint density at radius 1 is 1.50 bits per heavy atom. The number of ether oxygens (including phenoxy) is 1. The fraction of sp³-hybridized carbons (Fsp3) is 0.889. The van der Waals surface area contributed by atoms with Crippen LogP contribution in [0.15, 0.2) is 0 Å². The van der Waals surface area contributed by atoms with Gasteiger partial charge in [0.1, 0.15) is 5.88 Å². The molecule has 0 radical (unpaired) electrons. The van der Waals surface area contributed by atoms with E-state index in [0.717, 1.165) is 4.90 Å². The van der Waals surface area contributed by atoms with Gasteiger partial charge in [-0.1, -0.05) is 0 Å². The summed E-state index contributed by atoms with van der Waals surface area (Å²) in [6.45, 7) is -0.261. The van der Waals surface area contributed by atoms with Crippen LogP contribution in [0.25, 0.3) is 0 Å². The topological polar surface area (TPSA) is 29.5 Å². The molecule has 94 valence electrons. The quantitative estimate of drug-likeness (QED) is 0.719. The first-order valence-electron chi connectivity index (χ1n) is 4.79. The molecule has 1 aliphatic heterocycles. The van der Waals surface area contributed by atoms with E-state index in [1.54, 1.807) is 0 Å². The van der Waals surface area contributed by atoms with Gasteiger partial charge in [0.15, 0.2) is 0 Å². The van der Waals surface area contributed by atoms with Gasteiger partial charge in [-0.05, 0) is 0 Å². The van der Waals surface area contributed by atoms with Crippen molar-refractivity contribution in [1.82, 2.24) is 4.90 Å². The molecule has 0 saturated carbocycles. The van der Waals surface area contributed by atoms with Crippen molar-refractivity contribution >= 4 is 17.5 Å². The summed E-state index contributed by atoms with van der Waals surface area (Å²) in [6, 6.07) is 0. The third-order valence-corrected chi connectivity index (χ3v) is 2.94. The van der Waals surface area contributed by atoms with Gasteiger partial charge in [0.25, 0.3) is 0 Å². The summed E-state index contributed by atoms with van der Waals surface area (Å²) in [6.07, 6.45) is -4.30. The van der Waals surface area contributed by atoms with Gasteiger partial charge in [-0.25, -0.2) is 0 Å². The largest absolute Gasteiger partial charge is 0.393 e. The van der Waals surface area contributed by atoms with Crippen LogP contribution in [-0.2, 0) is 9.53 Å². The van der Waals surface area contributed by atoms with E-state index >= 15 is 0 Å². The van der Waals surface area contributed by atoms with Crippen molar-refractivity contribution in [3.63, 3.8) is 0 Å². The van der Waals surface area contributed by atoms with E-state index in [2.05, 4.69) is 0 Å². The van der Waals surface area contributed by atoms with Crippen molar-refractivity contribution < 1.29 is 22.7 Å². The van der Waals surface area contributed by atoms with Gasteiger partial charge in [0, 0.05) is 26.1 Å². The van der Waals surface area contributed by atoms with Crippen molar-refractivity contribution in [2.75, 3.05) is 32.7 Å². The van der Waals surface area contributed by atoms with Gasteiger partial charge in [0.05, 0.1) is 12.5 Å². The van der Waals surface area contributed by atoms with Gasteiger partial charge in [-0.15, -0.1) is 11.6 Å². The SMILES string of the molecule is COC[C@@H]1CN(C(=O)CCl)C[C@H]1C(F)(F)F. The summed E-state index contributed by atoms with van der Waals surface area (Å²) in [7, 11) is 1.35. The van der Waals surface area contributed by atoms with Gasteiger partial charge in [-0.2, -0.15) is 13.2 Å². The van der Waals surface area contributed by atoms with E-state index in [0.29, 0.717) is 0 Å². The highest BCUT2D eigenvalue weighted by Gasteiger charge is 2.50. The lowest BCUT2D eigenvalue weighted by molar-refractivity contribution is -0.183. The first-order valence-corrected chi connectivity index (χ1v) is 5.33. The number of rotatable bonds is 3. The molecule has 1 saturated heterocycles. The second-order valence-corrected chi connectivity index (χ2v) is 4.06. The molecule has 0 N–H and O–H groups in total. The van der Waals surface area contributed by atoms with Crippen LogP contribution < -0.4 is 0 Å². The number of carbonyl (C=O) groups is 1. The van der Waals surface area contributed by atoms with Crippen molar-refractivity contribution in [3.8, 4) is 0 Å². The third-order valence-electron chi connectivity index (χ3n) is 2.71. The Morgan fingerprint density at radius 3 is 2.56 bits per heavy atom. The molecular weight excluding hydrogens is 247 g/mol. The van der Waals surface area contributed by atoms with Crippen LogP contribution in [0.1, 0.15) is 0 Å². The smallest absolute Gasteiger partial charge is 0.384 e. The fourth-order valence-corrected chi connectivity index (χ4v) is 2.08. The average Bonchev–Trinajstić information content (AvgIpc) is 2.61. The van der Waals surface area contributed by atoms with Crippen molar-refractivity contribution in [2.24, 2.45) is 11.8 Å². The number of hydrogen-bond donors (Lipinski definition) is 0. The molecule has 0 unspecified atom stereocenters. The van der Waals surface area contributed by atoms with E-state index < -0.39 is 23.9 Å². The van der Waals surface area contributed by atoms with Gasteiger partial charge >= 0.3 is 6.18 Å². The van der Waals surface area contributed by atoms with Gasteiger partial charge < -0.3 is 9.64 Å². The number of halogens is 4. The van der Waals surface area contributed by atoms with Gasteiger partial charge in [-0.3, -0.25) is 4.79 Å². The van der Waals surface area contributed by atoms with Crippen molar-refractivity contribution in [1.29, 1.82) is 0 Å². The summed E-state index contributed by atoms with van der Waals surface area (Å²) in [5.41, 5.74) is 0. The number of methoxy groups -OCH3 is 1. The number of alkyl halides is 4. The minimum Gasteiger partial charge on any atom is -0.384 e. The van der Waals surface area contributed by atoms with E-state index in [1.165, 1.54) is 7.11 Å². The predicted molar refractivity (Wildman–Crippen MR) is 52.2 cm³/mol. The highest BCUT2D eigenvalue weighted by atomic mass is 35.5. The Hall–Kier alpha value is -0.490. The van der Waals surface area contributed by atoms with Crippen LogP contribution in [-0.4, -0.2) is 49.7 Å². The lowest BCUT2D eigenvalue weighted by Crippen LogP contribution is -2.33. The molecule has 1 rings (SSSR count). The minimum absolute atomic E-state index is 0.00373. The molecule has 0 aromatic heterocycles. The zero-order chi connectivity index (χ0) is 12.3. The molecule has 1 aliphatic rings. The molecule has 0 aromatic carbocycles. The van der Waals surface area contributed by atoms with Crippen LogP contribution in [0.5, 0.6) is 0 Å². The van der Waals surface area contributed by atoms with Crippen LogP contribution in [0.2, 0.25) is 0 Å². The molecule has 1 heterocycles. The molecule has 1 fully saturated rings. The molecule has 7 heteroatoms. The monoisotopic (exact) mass is 259 g/mol. The standard InChI is InChI=1S/C9H13ClF3NO2/c1-16-5-6-3-14(8(15)2-10)4-7(6)9(11,12)13/h6-7H,2-5H2,1H3/t6-,7+/m0/s1. The van der Waals surface area contributed by atoms with E-state index in [4.69, 9.17) is 16.3 Å². The lowest BCUT2D eigenvalue weighted by atomic mass is 9.96. The summed E-state index contributed by atoms with van der Waals surface area (Å²) < 4.78 is 42.7. The van der Waals surface area contributed by atoms with Crippen molar-refractivity contribution in [3.05, 3.63) is 0 Å². The highest BCUT2D eigenvalue weighted by molar-refractivity contribution is 6.27. The maximum absolute atomic E-state index is 12.6. The molecule has 0 spiro atoms. The lowest BCUT2D eigenvalue weighted by Gasteiger charge is -2.19. The Morgan fingerprint density at radius 2 is 2.12 bits per heavy atom. The van der Waals surface area contributed by atoms with E-state index in [9.17, 15) is 18.0 Å². The Kier molecular flexibility index (Phi) is 4.43. The zero-order valence-corrected chi connectivity index (χ0v) is 9.51. The predicted octanol–water partition coefficient (Wildman–Crippen LogP) is 1.51. The first kappa shape index (κ1) is 13.6. The average molecular weight is 260 g/mol. The molecule has 0 bridgehead atoms. The number of amides is 1. The summed E-state index contributed by atoms with van der Waals surface area (Å²) in [4.78, 5) is 12.4. The molecular formula is C9H13ClF3NO2. The van der Waals surface area contributed by atoms with Crippen LogP contribution in [0, 0.1) is 11.8 Å². The van der Waals surface area contributed by atoms with E-state index in [1.807, 2.05) is 0 Å². The maximum atomic E-state index is 12.6. The summed E-state index contributed by atoms with van der Waals surface area (Å²) in [5.74, 6) is -2.96. The second-order valence-electron chi connectivity index (χ2n) is 3.80. The Bertz CT molecular complexity index is 260. The number of nitrogens with zero attached hydrogens (tertiary/aromatic N) is 1. The highest BCUT2D eigenvalue weighted by Crippen LogP contribution is 2.37.